The van der Waals surface area contributed by atoms with Crippen molar-refractivity contribution in [3.63, 3.8) is 0 Å². The Morgan fingerprint density at radius 2 is 1.69 bits per heavy atom. The Bertz CT molecular complexity index is 3820. The number of halogens is 1. The Kier molecular flexibility index (Phi) is 18.4. The molecule has 1 atom stereocenters. The maximum absolute atomic E-state index is 14.2. The number of hydrogen-bond donors (Lipinski definition) is 4. The zero-order chi connectivity index (χ0) is 60.8. The highest BCUT2D eigenvalue weighted by Gasteiger charge is 2.40. The average molecular weight is 1220 g/mol. The fourth-order valence-electron chi connectivity index (χ4n) is 12.6. The summed E-state index contributed by atoms with van der Waals surface area (Å²) < 4.78 is 36.5. The van der Waals surface area contributed by atoms with Gasteiger partial charge in [0, 0.05) is 104 Å². The SMILES string of the molecule is CC1(C)CCC(CN2CCN(c3ccc(C(=O)NS(=O)(=O)c4ccc(NCC5CCN(CCCCCCC#Cc6cccc7c6CN(C6CCC(=O)NC6=O)C7=O)CC5)c([N+](=O)[O-])c4)c(Oc4cnc5[nH]ccc5c4)c3)CC2)=C(c2ccc(Cl)cc2)C1. The largest absolute Gasteiger partial charge is 0.455 e. The van der Waals surface area contributed by atoms with E-state index in [1.165, 1.54) is 35.0 Å². The van der Waals surface area contributed by atoms with Crippen LogP contribution >= 0.6 is 11.6 Å². The quantitative estimate of drug-likeness (QED) is 0.0183. The van der Waals surface area contributed by atoms with Crippen LogP contribution in [0.15, 0.2) is 114 Å². The van der Waals surface area contributed by atoms with E-state index in [4.69, 9.17) is 16.3 Å². The summed E-state index contributed by atoms with van der Waals surface area (Å²) >= 11 is 6.27. The van der Waals surface area contributed by atoms with Crippen LogP contribution in [0.3, 0.4) is 0 Å². The van der Waals surface area contributed by atoms with Crippen molar-refractivity contribution in [3.05, 3.63) is 152 Å². The van der Waals surface area contributed by atoms with Crippen molar-refractivity contribution in [1.82, 2.24) is 34.7 Å². The highest BCUT2D eigenvalue weighted by atomic mass is 35.5. The van der Waals surface area contributed by atoms with Crippen molar-refractivity contribution >= 4 is 78.9 Å². The lowest BCUT2D eigenvalue weighted by Crippen LogP contribution is -2.52. The fraction of sp³-hybridized carbons (Fsp3) is 0.409. The smallest absolute Gasteiger partial charge is 0.293 e. The normalized spacial score (nSPS) is 18.5. The summed E-state index contributed by atoms with van der Waals surface area (Å²) in [5, 5.41) is 19.5. The number of aromatic nitrogens is 2. The number of piperidine rings is 2. The summed E-state index contributed by atoms with van der Waals surface area (Å²) in [5.41, 5.74) is 7.63. The maximum Gasteiger partial charge on any atom is 0.293 e. The number of nitrogens with one attached hydrogen (secondary N) is 4. The van der Waals surface area contributed by atoms with Crippen LogP contribution in [-0.4, -0.2) is 127 Å². The number of carbonyl (C=O) groups is 4. The summed E-state index contributed by atoms with van der Waals surface area (Å²) in [5.74, 6) is 5.32. The second-order valence-electron chi connectivity index (χ2n) is 24.3. The van der Waals surface area contributed by atoms with Gasteiger partial charge in [0.2, 0.25) is 11.8 Å². The Morgan fingerprint density at radius 1 is 0.897 bits per heavy atom. The molecular weight excluding hydrogens is 1140 g/mol. The lowest BCUT2D eigenvalue weighted by atomic mass is 9.72. The Hall–Kier alpha value is -8.09. The predicted octanol–water partition coefficient (Wildman–Crippen LogP) is 10.7. The van der Waals surface area contributed by atoms with Gasteiger partial charge in [0.25, 0.3) is 27.5 Å². The second-order valence-corrected chi connectivity index (χ2v) is 26.4. The number of nitrogens with zero attached hydrogens (tertiary/aromatic N) is 6. The summed E-state index contributed by atoms with van der Waals surface area (Å²) in [4.78, 5) is 79.1. The fourth-order valence-corrected chi connectivity index (χ4v) is 13.7. The number of likely N-dealkylation sites (tertiary alicyclic amines) is 1. The Balaban J connectivity index is 0.656. The van der Waals surface area contributed by atoms with Crippen molar-refractivity contribution in [2.45, 2.75) is 108 Å². The van der Waals surface area contributed by atoms with Crippen LogP contribution in [0.2, 0.25) is 5.02 Å². The van der Waals surface area contributed by atoms with Crippen LogP contribution in [0, 0.1) is 33.3 Å². The van der Waals surface area contributed by atoms with E-state index in [2.05, 4.69) is 77.8 Å². The van der Waals surface area contributed by atoms with Gasteiger partial charge in [-0.15, -0.1) is 0 Å². The van der Waals surface area contributed by atoms with E-state index >= 15 is 0 Å². The highest BCUT2D eigenvalue weighted by molar-refractivity contribution is 7.90. The minimum absolute atomic E-state index is 0.0496. The summed E-state index contributed by atoms with van der Waals surface area (Å²) in [6, 6.07) is 25.3. The summed E-state index contributed by atoms with van der Waals surface area (Å²) in [7, 11) is -4.62. The molecule has 0 bridgehead atoms. The Labute approximate surface area is 512 Å². The zero-order valence-corrected chi connectivity index (χ0v) is 50.7. The highest BCUT2D eigenvalue weighted by Crippen LogP contribution is 2.44. The lowest BCUT2D eigenvalue weighted by Gasteiger charge is -2.39. The number of unbranched alkanes of at least 4 members (excludes halogenated alkanes) is 4. The molecule has 19 nitrogen and oxygen atoms in total. The van der Waals surface area contributed by atoms with E-state index < -0.39 is 43.4 Å². The summed E-state index contributed by atoms with van der Waals surface area (Å²) in [6.07, 6.45) is 13.6. The number of H-pyrrole nitrogens is 1. The van der Waals surface area contributed by atoms with E-state index in [0.717, 1.165) is 137 Å². The van der Waals surface area contributed by atoms with Gasteiger partial charge in [0.1, 0.15) is 28.9 Å². The molecule has 0 saturated carbocycles. The molecule has 4 aliphatic heterocycles. The summed E-state index contributed by atoms with van der Waals surface area (Å²) in [6.45, 7) is 12.1. The minimum Gasteiger partial charge on any atom is -0.455 e. The number of rotatable bonds is 20. The third-order valence-corrected chi connectivity index (χ3v) is 19.2. The molecule has 454 valence electrons. The number of aromatic amines is 1. The first-order chi connectivity index (χ1) is 41.9. The number of benzene rings is 4. The predicted molar refractivity (Wildman–Crippen MR) is 335 cm³/mol. The van der Waals surface area contributed by atoms with E-state index in [9.17, 15) is 37.7 Å². The van der Waals surface area contributed by atoms with Gasteiger partial charge in [-0.3, -0.25) is 39.5 Å². The number of pyridine rings is 1. The minimum atomic E-state index is -4.62. The number of allylic oxidation sites excluding steroid dienone is 1. The molecular formula is C66H73ClN10O9S. The standard InChI is InChI=1S/C66H73ClN10O9S/c1-66(2)27-23-48(55(39-66)46-13-15-49(67)16-14-46)42-74-32-34-75(35-33-74)50-17-19-54(60(37-50)86-51-36-47-24-28-68-62(47)70-41-51)63(79)72-87(84,85)52-18-20-57(59(38-52)77(82)83)69-40-44-25-30-73(31-26-44)29-8-6-4-3-5-7-10-45-11-9-12-53-56(45)43-76(65(53)81)58-21-22-61(78)71-64(58)80/h9,11-20,24,28,36-38,41,44,58,69H,3-6,8,21-23,25-27,29-35,39-40,42-43H2,1-2H3,(H,68,70)(H,72,79)(H,71,78,80). The van der Waals surface area contributed by atoms with Crippen molar-refractivity contribution in [2.24, 2.45) is 11.3 Å². The molecule has 4 amide bonds. The molecule has 1 aliphatic carbocycles. The van der Waals surface area contributed by atoms with Crippen LogP contribution in [0.25, 0.3) is 16.6 Å². The van der Waals surface area contributed by atoms with Crippen LogP contribution < -0.4 is 25.0 Å². The number of nitro groups is 1. The van der Waals surface area contributed by atoms with Crippen LogP contribution in [0.1, 0.15) is 128 Å². The molecule has 1 unspecified atom stereocenters. The van der Waals surface area contributed by atoms with E-state index in [1.807, 2.05) is 30.3 Å². The molecule has 6 aromatic rings. The molecule has 11 rings (SSSR count). The molecule has 0 spiro atoms. The van der Waals surface area contributed by atoms with Crippen LogP contribution in [-0.2, 0) is 26.2 Å². The van der Waals surface area contributed by atoms with E-state index in [1.54, 1.807) is 41.4 Å². The number of ether oxygens (including phenoxy) is 1. The van der Waals surface area contributed by atoms with Gasteiger partial charge < -0.3 is 29.7 Å². The number of imide groups is 1. The van der Waals surface area contributed by atoms with Crippen molar-refractivity contribution < 1.29 is 37.3 Å². The molecule has 3 saturated heterocycles. The number of amides is 4. The first kappa shape index (κ1) is 60.6. The Morgan fingerprint density at radius 3 is 2.47 bits per heavy atom. The second kappa shape index (κ2) is 26.5. The average Bonchev–Trinajstić information content (AvgIpc) is 2.20. The van der Waals surface area contributed by atoms with Gasteiger partial charge in [0.15, 0.2) is 0 Å². The number of sulfonamides is 1. The van der Waals surface area contributed by atoms with Crippen LogP contribution in [0.4, 0.5) is 17.1 Å². The molecule has 5 aliphatic rings. The monoisotopic (exact) mass is 1220 g/mol. The van der Waals surface area contributed by atoms with Gasteiger partial charge in [0.05, 0.1) is 21.6 Å². The zero-order valence-electron chi connectivity index (χ0n) is 49.2. The number of fused-ring (bicyclic) bond motifs is 2. The van der Waals surface area contributed by atoms with E-state index in [0.29, 0.717) is 49.6 Å². The van der Waals surface area contributed by atoms with Crippen molar-refractivity contribution in [1.29, 1.82) is 0 Å². The first-order valence-corrected chi connectivity index (χ1v) is 32.1. The maximum atomic E-state index is 14.2. The van der Waals surface area contributed by atoms with Gasteiger partial charge in [-0.2, -0.15) is 0 Å². The third-order valence-electron chi connectivity index (χ3n) is 17.7. The number of hydrogen-bond acceptors (Lipinski definition) is 14. The van der Waals surface area contributed by atoms with E-state index in [-0.39, 0.29) is 46.6 Å². The molecule has 4 N–H and O–H groups in total. The number of piperazine rings is 1. The van der Waals surface area contributed by atoms with Gasteiger partial charge in [-0.25, -0.2) is 18.1 Å². The topological polar surface area (TPSA) is 233 Å². The first-order valence-electron chi connectivity index (χ1n) is 30.2. The third kappa shape index (κ3) is 14.5. The molecule has 4 aromatic carbocycles. The number of anilines is 2. The van der Waals surface area contributed by atoms with Crippen molar-refractivity contribution in [2.75, 3.05) is 69.1 Å². The number of nitro benzene ring substituents is 1. The molecule has 2 aromatic heterocycles. The van der Waals surface area contributed by atoms with Gasteiger partial charge in [-0.05, 0) is 160 Å². The lowest BCUT2D eigenvalue weighted by molar-refractivity contribution is -0.384. The van der Waals surface area contributed by atoms with Gasteiger partial charge in [-0.1, -0.05) is 73.9 Å². The molecule has 6 heterocycles. The number of carbonyl (C=O) groups excluding carboxylic acids is 4. The van der Waals surface area contributed by atoms with Gasteiger partial charge >= 0.3 is 0 Å². The van der Waals surface area contributed by atoms with Crippen LogP contribution in [0.5, 0.6) is 11.5 Å². The molecule has 0 radical (unpaired) electrons. The molecule has 87 heavy (non-hydrogen) atoms. The molecule has 3 fully saturated rings. The van der Waals surface area contributed by atoms with Crippen molar-refractivity contribution in [3.8, 4) is 23.3 Å². The molecule has 21 heteroatoms.